The summed E-state index contributed by atoms with van der Waals surface area (Å²) in [6.07, 6.45) is 3.47. The topological polar surface area (TPSA) is 212 Å². The van der Waals surface area contributed by atoms with Gasteiger partial charge < -0.3 is 31.2 Å². The number of hydrogen-bond acceptors (Lipinski definition) is 9. The molecule has 0 aromatic carbocycles. The van der Waals surface area contributed by atoms with Crippen molar-refractivity contribution in [2.75, 3.05) is 39.5 Å². The number of rotatable bonds is 4. The van der Waals surface area contributed by atoms with Crippen LogP contribution in [0.15, 0.2) is 23.2 Å². The molecule has 0 radical (unpaired) electrons. The number of imidazole rings is 1. The van der Waals surface area contributed by atoms with E-state index < -0.39 is 21.4 Å². The van der Waals surface area contributed by atoms with Gasteiger partial charge in [-0.2, -0.15) is 8.42 Å². The molecule has 0 spiro atoms. The van der Waals surface area contributed by atoms with E-state index in [2.05, 4.69) is 14.4 Å². The molecular weight excluding hydrogens is 394 g/mol. The minimum absolute atomic E-state index is 0. The van der Waals surface area contributed by atoms with E-state index in [9.17, 15) is 8.42 Å². The van der Waals surface area contributed by atoms with Gasteiger partial charge in [0.2, 0.25) is 0 Å². The zero-order valence-electron chi connectivity index (χ0n) is 13.7. The zero-order chi connectivity index (χ0) is 19.0. The van der Waals surface area contributed by atoms with E-state index in [-0.39, 0.29) is 12.4 Å². The first-order valence-electron chi connectivity index (χ1n) is 7.00. The standard InChI is InChI=1S/2C4H9NO2.C3H3N5O2S.ClH/c2*5-1-4(6)2-7-3-4;4-6-7-11(9,10)8-2-1-5-3-8;/h2*6H,1-3,5H2;1-3H;1H. The fourth-order valence-electron chi connectivity index (χ4n) is 1.38. The molecule has 1 aromatic rings. The fourth-order valence-corrected chi connectivity index (χ4v) is 1.94. The second-order valence-corrected chi connectivity index (χ2v) is 6.86. The molecule has 13 nitrogen and oxygen atoms in total. The van der Waals surface area contributed by atoms with Crippen LogP contribution >= 0.6 is 12.4 Å². The van der Waals surface area contributed by atoms with Crippen LogP contribution in [0.1, 0.15) is 0 Å². The highest BCUT2D eigenvalue weighted by atomic mass is 35.5. The summed E-state index contributed by atoms with van der Waals surface area (Å²) in [4.78, 5) is 5.62. The van der Waals surface area contributed by atoms with E-state index in [1.165, 1.54) is 12.4 Å². The fraction of sp³-hybridized carbons (Fsp3) is 0.727. The Bertz CT molecular complexity index is 640. The summed E-state index contributed by atoms with van der Waals surface area (Å²) < 4.78 is 34.3. The lowest BCUT2D eigenvalue weighted by Gasteiger charge is -2.34. The number of aromatic nitrogens is 2. The predicted octanol–water partition coefficient (Wildman–Crippen LogP) is -1.88. The molecule has 2 aliphatic heterocycles. The van der Waals surface area contributed by atoms with Crippen molar-refractivity contribution in [1.82, 2.24) is 8.96 Å². The van der Waals surface area contributed by atoms with Gasteiger partial charge in [-0.15, -0.1) is 12.4 Å². The zero-order valence-corrected chi connectivity index (χ0v) is 15.3. The third-order valence-corrected chi connectivity index (χ3v) is 4.16. The number of aliphatic hydroxyl groups is 2. The largest absolute Gasteiger partial charge is 0.384 e. The Balaban J connectivity index is 0.000000368. The van der Waals surface area contributed by atoms with Gasteiger partial charge >= 0.3 is 10.2 Å². The third-order valence-electron chi connectivity index (χ3n) is 3.13. The van der Waals surface area contributed by atoms with E-state index in [0.29, 0.717) is 43.5 Å². The summed E-state index contributed by atoms with van der Waals surface area (Å²) in [5.74, 6) is 0. The lowest BCUT2D eigenvalue weighted by atomic mass is 10.0. The van der Waals surface area contributed by atoms with Gasteiger partial charge in [-0.1, -0.05) is 0 Å². The molecule has 0 bridgehead atoms. The Hall–Kier alpha value is -1.48. The van der Waals surface area contributed by atoms with Gasteiger partial charge in [-0.25, -0.2) is 8.96 Å². The Morgan fingerprint density at radius 1 is 1.19 bits per heavy atom. The van der Waals surface area contributed by atoms with Gasteiger partial charge in [0, 0.05) is 30.4 Å². The van der Waals surface area contributed by atoms with Crippen molar-refractivity contribution in [3.63, 3.8) is 0 Å². The smallest absolute Gasteiger partial charge is 0.329 e. The second kappa shape index (κ2) is 10.6. The van der Waals surface area contributed by atoms with Gasteiger partial charge in [0.25, 0.3) is 0 Å². The number of nitrogens with zero attached hydrogens (tertiary/aromatic N) is 5. The molecule has 0 amide bonds. The number of ether oxygens (including phenoxy) is 2. The highest BCUT2D eigenvalue weighted by molar-refractivity contribution is 7.88. The molecule has 0 saturated carbocycles. The normalized spacial score (nSPS) is 18.8. The molecule has 0 unspecified atom stereocenters. The van der Waals surface area contributed by atoms with Crippen LogP contribution < -0.4 is 11.5 Å². The van der Waals surface area contributed by atoms with Crippen molar-refractivity contribution in [3.8, 4) is 0 Å². The second-order valence-electron chi connectivity index (χ2n) is 5.38. The van der Waals surface area contributed by atoms with E-state index in [1.807, 2.05) is 0 Å². The van der Waals surface area contributed by atoms with Gasteiger partial charge in [-0.05, 0) is 5.53 Å². The molecule has 3 rings (SSSR count). The summed E-state index contributed by atoms with van der Waals surface area (Å²) in [7, 11) is -3.90. The molecule has 6 N–H and O–H groups in total. The number of halogens is 1. The quantitative estimate of drug-likeness (QED) is 0.245. The van der Waals surface area contributed by atoms with Gasteiger partial charge in [-0.3, -0.25) is 0 Å². The first-order valence-corrected chi connectivity index (χ1v) is 8.40. The molecule has 1 aromatic heterocycles. The summed E-state index contributed by atoms with van der Waals surface area (Å²) in [6, 6.07) is 0. The maximum atomic E-state index is 10.8. The third kappa shape index (κ3) is 7.41. The van der Waals surface area contributed by atoms with E-state index >= 15 is 0 Å². The van der Waals surface area contributed by atoms with E-state index in [4.69, 9.17) is 36.7 Å². The molecule has 2 aliphatic rings. The Labute approximate surface area is 156 Å². The van der Waals surface area contributed by atoms with Gasteiger partial charge in [0.15, 0.2) is 0 Å². The van der Waals surface area contributed by atoms with Crippen LogP contribution in [0.3, 0.4) is 0 Å². The number of nitrogens with two attached hydrogens (primary N) is 2. The molecule has 2 fully saturated rings. The van der Waals surface area contributed by atoms with Crippen LogP contribution in [0.2, 0.25) is 0 Å². The van der Waals surface area contributed by atoms with Crippen LogP contribution in [0.25, 0.3) is 10.4 Å². The molecule has 0 aliphatic carbocycles. The van der Waals surface area contributed by atoms with Crippen molar-refractivity contribution in [1.29, 1.82) is 0 Å². The average Bonchev–Trinajstić information content (AvgIpc) is 3.07. The minimum Gasteiger partial charge on any atom is -0.384 e. The Morgan fingerprint density at radius 3 is 1.85 bits per heavy atom. The number of azide groups is 1. The number of hydrogen-bond donors (Lipinski definition) is 4. The summed E-state index contributed by atoms with van der Waals surface area (Å²) in [6.45, 7) is 2.25. The molecular formula is C11H22ClN7O6S. The Morgan fingerprint density at radius 2 is 1.65 bits per heavy atom. The lowest BCUT2D eigenvalue weighted by Crippen LogP contribution is -2.54. The van der Waals surface area contributed by atoms with Crippen LogP contribution in [0.5, 0.6) is 0 Å². The van der Waals surface area contributed by atoms with Gasteiger partial charge in [0.05, 0.1) is 30.9 Å². The summed E-state index contributed by atoms with van der Waals surface area (Å²) in [5.41, 5.74) is 16.8. The molecule has 3 heterocycles. The lowest BCUT2D eigenvalue weighted by molar-refractivity contribution is -0.171. The molecule has 26 heavy (non-hydrogen) atoms. The van der Waals surface area contributed by atoms with Crippen molar-refractivity contribution in [3.05, 3.63) is 29.2 Å². The SMILES string of the molecule is Cl.NCC1(O)COC1.NCC1(O)COC1.[N-]=[N+]=NS(=O)(=O)n1ccnc1. The minimum atomic E-state index is -3.90. The summed E-state index contributed by atoms with van der Waals surface area (Å²) in [5, 5.41) is 17.9. The molecule has 15 heteroatoms. The van der Waals surface area contributed by atoms with E-state index in [0.717, 1.165) is 6.33 Å². The van der Waals surface area contributed by atoms with Crippen LogP contribution in [0, 0.1) is 0 Å². The predicted molar refractivity (Wildman–Crippen MR) is 92.6 cm³/mol. The van der Waals surface area contributed by atoms with Gasteiger partial charge in [0.1, 0.15) is 17.5 Å². The van der Waals surface area contributed by atoms with Crippen LogP contribution in [0.4, 0.5) is 0 Å². The van der Waals surface area contributed by atoms with Crippen LogP contribution in [-0.4, -0.2) is 78.3 Å². The monoisotopic (exact) mass is 415 g/mol. The van der Waals surface area contributed by atoms with Crippen molar-refractivity contribution < 1.29 is 28.1 Å². The van der Waals surface area contributed by atoms with Crippen molar-refractivity contribution in [2.45, 2.75) is 11.2 Å². The van der Waals surface area contributed by atoms with Crippen molar-refractivity contribution in [2.24, 2.45) is 16.0 Å². The summed E-state index contributed by atoms with van der Waals surface area (Å²) >= 11 is 0. The van der Waals surface area contributed by atoms with Crippen molar-refractivity contribution >= 4 is 22.6 Å². The molecule has 0 atom stereocenters. The Kier molecular flexibility index (Phi) is 10.0. The maximum absolute atomic E-state index is 10.8. The van der Waals surface area contributed by atoms with Crippen LogP contribution in [-0.2, 0) is 19.7 Å². The highest BCUT2D eigenvalue weighted by Crippen LogP contribution is 2.13. The first-order chi connectivity index (χ1) is 11.7. The maximum Gasteiger partial charge on any atom is 0.329 e. The van der Waals surface area contributed by atoms with E-state index in [1.54, 1.807) is 0 Å². The highest BCUT2D eigenvalue weighted by Gasteiger charge is 2.34. The average molecular weight is 416 g/mol. The molecule has 150 valence electrons. The molecule has 2 saturated heterocycles. The first kappa shape index (κ1) is 24.5.